The molecule has 1 aliphatic rings. The molecule has 1 fully saturated rings. The number of sulfonamides is 1. The Labute approximate surface area is 152 Å². The van der Waals surface area contributed by atoms with Crippen molar-refractivity contribution in [1.29, 1.82) is 0 Å². The second-order valence-corrected chi connectivity index (χ2v) is 8.28. The van der Waals surface area contributed by atoms with Crippen LogP contribution in [0.4, 0.5) is 10.1 Å². The van der Waals surface area contributed by atoms with Crippen molar-refractivity contribution in [1.82, 2.24) is 4.31 Å². The van der Waals surface area contributed by atoms with Crippen molar-refractivity contribution < 1.29 is 17.6 Å². The van der Waals surface area contributed by atoms with Gasteiger partial charge in [-0.05, 0) is 55.7 Å². The first kappa shape index (κ1) is 18.5. The molecule has 0 spiro atoms. The van der Waals surface area contributed by atoms with E-state index >= 15 is 0 Å². The second kappa shape index (κ2) is 7.55. The number of nitrogens with one attached hydrogen (secondary N) is 1. The van der Waals surface area contributed by atoms with E-state index in [1.165, 1.54) is 34.6 Å². The molecule has 1 saturated heterocycles. The normalized spacial score (nSPS) is 18.5. The van der Waals surface area contributed by atoms with Crippen LogP contribution in [0.25, 0.3) is 0 Å². The van der Waals surface area contributed by atoms with Gasteiger partial charge in [0.2, 0.25) is 15.9 Å². The molecule has 2 aromatic carbocycles. The number of amides is 1. The summed E-state index contributed by atoms with van der Waals surface area (Å²) in [5.74, 6) is -0.773. The van der Waals surface area contributed by atoms with Gasteiger partial charge in [0.1, 0.15) is 11.9 Å². The van der Waals surface area contributed by atoms with Crippen LogP contribution in [-0.2, 0) is 14.8 Å². The van der Waals surface area contributed by atoms with Crippen LogP contribution >= 0.6 is 0 Å². The van der Waals surface area contributed by atoms with Gasteiger partial charge in [0, 0.05) is 12.2 Å². The van der Waals surface area contributed by atoms with Crippen molar-refractivity contribution in [2.75, 3.05) is 11.9 Å². The number of benzene rings is 2. The highest BCUT2D eigenvalue weighted by Crippen LogP contribution is 2.26. The van der Waals surface area contributed by atoms with E-state index in [2.05, 4.69) is 5.32 Å². The van der Waals surface area contributed by atoms with Crippen LogP contribution in [0.1, 0.15) is 24.8 Å². The Bertz CT molecular complexity index is 900. The smallest absolute Gasteiger partial charge is 0.243 e. The number of hydrogen-bond donors (Lipinski definition) is 1. The Morgan fingerprint density at radius 1 is 1.15 bits per heavy atom. The molecular formula is C19H21FN2O3S. The van der Waals surface area contributed by atoms with Crippen molar-refractivity contribution in [3.63, 3.8) is 0 Å². The highest BCUT2D eigenvalue weighted by molar-refractivity contribution is 7.89. The fourth-order valence-electron chi connectivity index (χ4n) is 3.17. The quantitative estimate of drug-likeness (QED) is 0.890. The van der Waals surface area contributed by atoms with E-state index in [9.17, 15) is 17.6 Å². The molecule has 0 saturated carbocycles. The molecule has 1 atom stereocenters. The fourth-order valence-corrected chi connectivity index (χ4v) is 4.84. The first-order valence-corrected chi connectivity index (χ1v) is 9.97. The minimum Gasteiger partial charge on any atom is -0.324 e. The van der Waals surface area contributed by atoms with Gasteiger partial charge in [0.15, 0.2) is 0 Å². The predicted octanol–water partition coefficient (Wildman–Crippen LogP) is 3.32. The van der Waals surface area contributed by atoms with E-state index in [0.717, 1.165) is 6.42 Å². The van der Waals surface area contributed by atoms with Crippen molar-refractivity contribution in [3.05, 3.63) is 59.9 Å². The minimum atomic E-state index is -3.75. The molecular weight excluding hydrogens is 355 g/mol. The standard InChI is InChI=1S/C19H21FN2O3S/c1-14-13-15(20)10-11-17(14)21-19(23)18-9-5-6-12-22(18)26(24,25)16-7-3-2-4-8-16/h2-4,7-8,10-11,13,18H,5-6,9,12H2,1H3,(H,21,23)/t18-/m0/s1. The molecule has 0 bridgehead atoms. The summed E-state index contributed by atoms with van der Waals surface area (Å²) in [6, 6.07) is 11.4. The molecule has 0 unspecified atom stereocenters. The van der Waals surface area contributed by atoms with E-state index in [-0.39, 0.29) is 16.6 Å². The summed E-state index contributed by atoms with van der Waals surface area (Å²) in [5, 5.41) is 2.75. The maximum absolute atomic E-state index is 13.2. The molecule has 1 aliphatic heterocycles. The molecule has 1 heterocycles. The SMILES string of the molecule is Cc1cc(F)ccc1NC(=O)[C@@H]1CCCCN1S(=O)(=O)c1ccccc1. The Morgan fingerprint density at radius 3 is 2.58 bits per heavy atom. The summed E-state index contributed by atoms with van der Waals surface area (Å²) in [4.78, 5) is 13.0. The number of aryl methyl sites for hydroxylation is 1. The molecule has 0 radical (unpaired) electrons. The molecule has 5 nitrogen and oxygen atoms in total. The fraction of sp³-hybridized carbons (Fsp3) is 0.316. The van der Waals surface area contributed by atoms with Crippen molar-refractivity contribution in [3.8, 4) is 0 Å². The van der Waals surface area contributed by atoms with Crippen LogP contribution in [0.5, 0.6) is 0 Å². The van der Waals surface area contributed by atoms with Crippen LogP contribution < -0.4 is 5.32 Å². The van der Waals surface area contributed by atoms with Gasteiger partial charge >= 0.3 is 0 Å². The summed E-state index contributed by atoms with van der Waals surface area (Å²) < 4.78 is 40.4. The number of carbonyl (C=O) groups is 1. The summed E-state index contributed by atoms with van der Waals surface area (Å²) in [5.41, 5.74) is 1.07. The van der Waals surface area contributed by atoms with Gasteiger partial charge in [-0.25, -0.2) is 12.8 Å². The second-order valence-electron chi connectivity index (χ2n) is 6.39. The van der Waals surface area contributed by atoms with Gasteiger partial charge in [-0.15, -0.1) is 0 Å². The number of rotatable bonds is 4. The van der Waals surface area contributed by atoms with Crippen molar-refractivity contribution >= 4 is 21.6 Å². The third-order valence-electron chi connectivity index (χ3n) is 4.55. The van der Waals surface area contributed by atoms with Gasteiger partial charge in [-0.2, -0.15) is 4.31 Å². The van der Waals surface area contributed by atoms with Gasteiger partial charge in [0.05, 0.1) is 4.90 Å². The lowest BCUT2D eigenvalue weighted by atomic mass is 10.0. The van der Waals surface area contributed by atoms with E-state index in [1.807, 2.05) is 0 Å². The zero-order valence-electron chi connectivity index (χ0n) is 14.5. The van der Waals surface area contributed by atoms with Crippen LogP contribution in [0.3, 0.4) is 0 Å². The Morgan fingerprint density at radius 2 is 1.88 bits per heavy atom. The number of hydrogen-bond acceptors (Lipinski definition) is 3. The largest absolute Gasteiger partial charge is 0.324 e. The lowest BCUT2D eigenvalue weighted by molar-refractivity contribution is -0.120. The number of anilines is 1. The zero-order valence-corrected chi connectivity index (χ0v) is 15.3. The number of piperidine rings is 1. The summed E-state index contributed by atoms with van der Waals surface area (Å²) in [6.07, 6.45) is 1.95. The highest BCUT2D eigenvalue weighted by Gasteiger charge is 2.37. The Hall–Kier alpha value is -2.25. The molecule has 26 heavy (non-hydrogen) atoms. The van der Waals surface area contributed by atoms with Gasteiger partial charge in [-0.1, -0.05) is 24.6 Å². The Kier molecular flexibility index (Phi) is 5.38. The zero-order chi connectivity index (χ0) is 18.7. The third kappa shape index (κ3) is 3.78. The van der Waals surface area contributed by atoms with Gasteiger partial charge in [-0.3, -0.25) is 4.79 Å². The maximum atomic E-state index is 13.2. The maximum Gasteiger partial charge on any atom is 0.243 e. The van der Waals surface area contributed by atoms with Gasteiger partial charge < -0.3 is 5.32 Å². The highest BCUT2D eigenvalue weighted by atomic mass is 32.2. The number of nitrogens with zero attached hydrogens (tertiary/aromatic N) is 1. The molecule has 0 aliphatic carbocycles. The van der Waals surface area contributed by atoms with E-state index in [4.69, 9.17) is 0 Å². The minimum absolute atomic E-state index is 0.178. The van der Waals surface area contributed by atoms with Crippen LogP contribution in [0.2, 0.25) is 0 Å². The molecule has 138 valence electrons. The molecule has 1 amide bonds. The van der Waals surface area contributed by atoms with Gasteiger partial charge in [0.25, 0.3) is 0 Å². The molecule has 3 rings (SSSR count). The summed E-state index contributed by atoms with van der Waals surface area (Å²) in [6.45, 7) is 2.00. The molecule has 2 aromatic rings. The first-order chi connectivity index (χ1) is 12.4. The lowest BCUT2D eigenvalue weighted by Crippen LogP contribution is -2.49. The predicted molar refractivity (Wildman–Crippen MR) is 97.7 cm³/mol. The van der Waals surface area contributed by atoms with E-state index in [0.29, 0.717) is 30.6 Å². The number of carbonyl (C=O) groups excluding carboxylic acids is 1. The first-order valence-electron chi connectivity index (χ1n) is 8.53. The summed E-state index contributed by atoms with van der Waals surface area (Å²) >= 11 is 0. The molecule has 1 N–H and O–H groups in total. The average molecular weight is 376 g/mol. The molecule has 0 aromatic heterocycles. The summed E-state index contributed by atoms with van der Waals surface area (Å²) in [7, 11) is -3.75. The van der Waals surface area contributed by atoms with E-state index in [1.54, 1.807) is 25.1 Å². The monoisotopic (exact) mass is 376 g/mol. The third-order valence-corrected chi connectivity index (χ3v) is 6.47. The lowest BCUT2D eigenvalue weighted by Gasteiger charge is -2.33. The van der Waals surface area contributed by atoms with Crippen molar-refractivity contribution in [2.24, 2.45) is 0 Å². The Balaban J connectivity index is 1.86. The van der Waals surface area contributed by atoms with E-state index < -0.39 is 16.1 Å². The van der Waals surface area contributed by atoms with Crippen LogP contribution in [0, 0.1) is 12.7 Å². The van der Waals surface area contributed by atoms with Crippen LogP contribution in [-0.4, -0.2) is 31.2 Å². The average Bonchev–Trinajstić information content (AvgIpc) is 2.64. The van der Waals surface area contributed by atoms with Crippen LogP contribution in [0.15, 0.2) is 53.4 Å². The number of halogens is 1. The van der Waals surface area contributed by atoms with Crippen molar-refractivity contribution in [2.45, 2.75) is 37.1 Å². The molecule has 7 heteroatoms. The topological polar surface area (TPSA) is 66.5 Å².